The molecule has 164 valence electrons. The van der Waals surface area contributed by atoms with Crippen LogP contribution in [0.1, 0.15) is 0 Å². The number of rotatable bonds is 3. The highest BCUT2D eigenvalue weighted by molar-refractivity contribution is 6.00. The number of aromatic hydroxyl groups is 1. The maximum Gasteiger partial charge on any atom is 0.384 e. The molecule has 0 spiro atoms. The molecule has 0 heterocycles. The summed E-state index contributed by atoms with van der Waals surface area (Å²) < 4.78 is 88.5. The van der Waals surface area contributed by atoms with Crippen LogP contribution in [0.4, 0.5) is 26.3 Å². The molecule has 1 N–H and O–H groups in total. The molecule has 1 fully saturated rings. The third-order valence-corrected chi connectivity index (χ3v) is 5.81. The molecule has 0 bridgehead atoms. The molecule has 1 aliphatic rings. The first-order valence-corrected chi connectivity index (χ1v) is 9.60. The van der Waals surface area contributed by atoms with Crippen molar-refractivity contribution in [2.75, 3.05) is 0 Å². The van der Waals surface area contributed by atoms with Crippen LogP contribution in [0.5, 0.6) is 11.5 Å². The van der Waals surface area contributed by atoms with Crippen molar-refractivity contribution in [3.05, 3.63) is 72.8 Å². The highest BCUT2D eigenvalue weighted by Crippen LogP contribution is 2.62. The van der Waals surface area contributed by atoms with E-state index in [4.69, 9.17) is 4.74 Å². The van der Waals surface area contributed by atoms with Gasteiger partial charge in [-0.15, -0.1) is 0 Å². The largest absolute Gasteiger partial charge is 0.507 e. The zero-order valence-electron chi connectivity index (χ0n) is 16.1. The van der Waals surface area contributed by atoms with Crippen LogP contribution in [0.3, 0.4) is 0 Å². The summed E-state index contributed by atoms with van der Waals surface area (Å²) >= 11 is 0. The molecule has 0 aromatic heterocycles. The van der Waals surface area contributed by atoms with Crippen LogP contribution < -0.4 is 4.74 Å². The van der Waals surface area contributed by atoms with Crippen LogP contribution in [0, 0.1) is 0 Å². The molecule has 4 aromatic carbocycles. The van der Waals surface area contributed by atoms with Gasteiger partial charge in [0.25, 0.3) is 0 Å². The Morgan fingerprint density at radius 2 is 1.22 bits per heavy atom. The van der Waals surface area contributed by atoms with Crippen LogP contribution in [0.15, 0.2) is 72.8 Å². The van der Waals surface area contributed by atoms with E-state index < -0.39 is 29.6 Å². The molecule has 2 atom stereocenters. The maximum atomic E-state index is 14.9. The molecule has 2 unspecified atom stereocenters. The van der Waals surface area contributed by atoms with Crippen molar-refractivity contribution in [3.63, 3.8) is 0 Å². The molecular formula is C24H14F6O2. The number of phenols is 1. The van der Waals surface area contributed by atoms with Gasteiger partial charge in [0.2, 0.25) is 6.17 Å². The van der Waals surface area contributed by atoms with Gasteiger partial charge in [-0.1, -0.05) is 60.7 Å². The molecule has 4 aromatic rings. The Kier molecular flexibility index (Phi) is 4.19. The highest BCUT2D eigenvalue weighted by Gasteiger charge is 2.92. The van der Waals surface area contributed by atoms with Gasteiger partial charge >= 0.3 is 17.7 Å². The Hall–Kier alpha value is -3.42. The summed E-state index contributed by atoms with van der Waals surface area (Å²) in [5.41, 5.74) is 0.0278. The Morgan fingerprint density at radius 1 is 0.688 bits per heavy atom. The van der Waals surface area contributed by atoms with E-state index in [0.29, 0.717) is 16.2 Å². The van der Waals surface area contributed by atoms with Gasteiger partial charge in [-0.05, 0) is 22.9 Å². The molecule has 0 amide bonds. The lowest BCUT2D eigenvalue weighted by atomic mass is 9.80. The number of halogens is 6. The fraction of sp³-hybridized carbons (Fsp3) is 0.167. The molecular weight excluding hydrogens is 434 g/mol. The molecule has 32 heavy (non-hydrogen) atoms. The third-order valence-electron chi connectivity index (χ3n) is 5.81. The zero-order chi connectivity index (χ0) is 22.9. The second kappa shape index (κ2) is 6.54. The smallest absolute Gasteiger partial charge is 0.384 e. The first-order valence-electron chi connectivity index (χ1n) is 9.60. The highest BCUT2D eigenvalue weighted by atomic mass is 19.3. The van der Waals surface area contributed by atoms with E-state index in [9.17, 15) is 31.4 Å². The van der Waals surface area contributed by atoms with Gasteiger partial charge in [-0.3, -0.25) is 0 Å². The van der Waals surface area contributed by atoms with Crippen molar-refractivity contribution in [2.24, 2.45) is 0 Å². The number of phenolic OH excluding ortho intramolecular Hbond substituents is 1. The van der Waals surface area contributed by atoms with Gasteiger partial charge in [0, 0.05) is 21.9 Å². The average molecular weight is 448 g/mol. The van der Waals surface area contributed by atoms with Gasteiger partial charge in [0.15, 0.2) is 0 Å². The minimum atomic E-state index is -5.39. The van der Waals surface area contributed by atoms with Crippen molar-refractivity contribution in [2.45, 2.75) is 23.9 Å². The van der Waals surface area contributed by atoms with Crippen LogP contribution >= 0.6 is 0 Å². The van der Waals surface area contributed by atoms with Gasteiger partial charge in [0.05, 0.1) is 0 Å². The quantitative estimate of drug-likeness (QED) is 0.341. The van der Waals surface area contributed by atoms with Gasteiger partial charge in [-0.2, -0.15) is 22.0 Å². The van der Waals surface area contributed by atoms with Gasteiger partial charge in [0.1, 0.15) is 11.5 Å². The monoisotopic (exact) mass is 448 g/mol. The van der Waals surface area contributed by atoms with Crippen LogP contribution in [-0.4, -0.2) is 29.0 Å². The number of benzene rings is 4. The SMILES string of the molecule is Oc1c(-c2ccc3ccccc3c2OC2(F)C(F)C(F)(F)C2(F)F)ccc2ccccc12. The van der Waals surface area contributed by atoms with Crippen molar-refractivity contribution in [1.29, 1.82) is 0 Å². The van der Waals surface area contributed by atoms with E-state index >= 15 is 0 Å². The minimum Gasteiger partial charge on any atom is -0.507 e. The zero-order valence-corrected chi connectivity index (χ0v) is 16.1. The summed E-state index contributed by atoms with van der Waals surface area (Å²) in [5, 5.41) is 12.4. The molecule has 0 saturated heterocycles. The van der Waals surface area contributed by atoms with Gasteiger partial charge < -0.3 is 9.84 Å². The summed E-state index contributed by atoms with van der Waals surface area (Å²) in [6.07, 6.45) is -3.87. The Morgan fingerprint density at radius 3 is 1.84 bits per heavy atom. The van der Waals surface area contributed by atoms with Crippen molar-refractivity contribution >= 4 is 21.5 Å². The lowest BCUT2D eigenvalue weighted by Crippen LogP contribution is -2.80. The number of hydrogen-bond acceptors (Lipinski definition) is 2. The number of alkyl halides is 6. The summed E-state index contributed by atoms with van der Waals surface area (Å²) in [7, 11) is 0. The first-order chi connectivity index (χ1) is 15.1. The first kappa shape index (κ1) is 20.5. The predicted octanol–water partition coefficient (Wildman–Crippen LogP) is 7.03. The molecule has 2 nitrogen and oxygen atoms in total. The fourth-order valence-corrected chi connectivity index (χ4v) is 4.00. The molecule has 5 rings (SSSR count). The minimum absolute atomic E-state index is 0.0535. The standard InChI is InChI=1S/C24H14F6O2/c25-21-22(26,27)24(29,30)23(21,28)32-20-16-8-4-2-6-14(16)10-12-18(20)17-11-9-13-5-1-3-7-15(13)19(17)31/h1-12,21,31H. The summed E-state index contributed by atoms with van der Waals surface area (Å²) in [6, 6.07) is 18.9. The van der Waals surface area contributed by atoms with Crippen LogP contribution in [0.2, 0.25) is 0 Å². The van der Waals surface area contributed by atoms with Crippen molar-refractivity contribution in [1.82, 2.24) is 0 Å². The lowest BCUT2D eigenvalue weighted by molar-refractivity contribution is -0.444. The number of hydrogen-bond donors (Lipinski definition) is 1. The third kappa shape index (κ3) is 2.49. The van der Waals surface area contributed by atoms with E-state index in [0.717, 1.165) is 0 Å². The van der Waals surface area contributed by atoms with Crippen molar-refractivity contribution < 1.29 is 36.2 Å². The Bertz CT molecular complexity index is 1370. The fourth-order valence-electron chi connectivity index (χ4n) is 4.00. The van der Waals surface area contributed by atoms with Crippen LogP contribution in [0.25, 0.3) is 32.7 Å². The van der Waals surface area contributed by atoms with E-state index in [-0.39, 0.29) is 22.3 Å². The Balaban J connectivity index is 1.75. The summed E-state index contributed by atoms with van der Waals surface area (Å²) in [6.45, 7) is 0. The molecule has 1 aliphatic carbocycles. The maximum absolute atomic E-state index is 14.9. The normalized spacial score (nSPS) is 23.8. The van der Waals surface area contributed by atoms with E-state index in [1.807, 2.05) is 0 Å². The Labute approximate surface area is 177 Å². The topological polar surface area (TPSA) is 29.5 Å². The molecule has 8 heteroatoms. The lowest BCUT2D eigenvalue weighted by Gasteiger charge is -2.50. The van der Waals surface area contributed by atoms with E-state index in [1.165, 1.54) is 24.3 Å². The molecule has 0 aliphatic heterocycles. The predicted molar refractivity (Wildman–Crippen MR) is 108 cm³/mol. The van der Waals surface area contributed by atoms with E-state index in [2.05, 4.69) is 0 Å². The van der Waals surface area contributed by atoms with Crippen molar-refractivity contribution in [3.8, 4) is 22.6 Å². The molecule has 0 radical (unpaired) electrons. The van der Waals surface area contributed by atoms with E-state index in [1.54, 1.807) is 48.5 Å². The second-order valence-electron chi connectivity index (χ2n) is 7.65. The molecule has 1 saturated carbocycles. The number of ether oxygens (including phenoxy) is 1. The second-order valence-corrected chi connectivity index (χ2v) is 7.65. The summed E-state index contributed by atoms with van der Waals surface area (Å²) in [4.78, 5) is 0. The van der Waals surface area contributed by atoms with Gasteiger partial charge in [-0.25, -0.2) is 4.39 Å². The summed E-state index contributed by atoms with van der Waals surface area (Å²) in [5.74, 6) is -16.0. The average Bonchev–Trinajstić information content (AvgIpc) is 2.79. The number of fused-ring (bicyclic) bond motifs is 2. The van der Waals surface area contributed by atoms with Crippen LogP contribution in [-0.2, 0) is 0 Å².